The number of piperidine rings is 1. The zero-order valence-electron chi connectivity index (χ0n) is 18.4. The van der Waals surface area contributed by atoms with E-state index in [0.717, 1.165) is 53.8 Å². The van der Waals surface area contributed by atoms with Crippen molar-refractivity contribution in [2.45, 2.75) is 38.2 Å². The summed E-state index contributed by atoms with van der Waals surface area (Å²) in [6.45, 7) is 6.07. The SMILES string of the molecule is CC1(C)c2cc(OC3CCN(CCF)CC3)ccc2C(=O)c2c1[nH]c1cc(C#N)ccc21. The third-order valence-electron chi connectivity index (χ3n) is 6.93. The lowest BCUT2D eigenvalue weighted by Gasteiger charge is -2.34. The van der Waals surface area contributed by atoms with E-state index in [2.05, 4.69) is 29.8 Å². The standard InChI is InChI=1S/C26H26FN3O2/c1-26(2)21-14-18(32-17-7-10-30(11-8-17)12-9-27)4-6-19(21)24(31)23-20-5-3-16(15-28)13-22(20)29-25(23)26/h3-6,13-14,17,29H,7-12H2,1-2H3. The molecule has 2 aromatic carbocycles. The van der Waals surface area contributed by atoms with Crippen molar-refractivity contribution in [1.82, 2.24) is 9.88 Å². The summed E-state index contributed by atoms with van der Waals surface area (Å²) in [5.74, 6) is 0.760. The molecule has 5 rings (SSSR count). The first-order valence-corrected chi connectivity index (χ1v) is 11.1. The van der Waals surface area contributed by atoms with E-state index in [1.54, 1.807) is 12.1 Å². The molecular formula is C26H26FN3O2. The van der Waals surface area contributed by atoms with E-state index in [1.807, 2.05) is 24.3 Å². The number of nitrogens with one attached hydrogen (secondary N) is 1. The monoisotopic (exact) mass is 431 g/mol. The van der Waals surface area contributed by atoms with E-state index in [0.29, 0.717) is 23.2 Å². The predicted octanol–water partition coefficient (Wildman–Crippen LogP) is 4.72. The number of halogens is 1. The second-order valence-corrected chi connectivity index (χ2v) is 9.26. The van der Waals surface area contributed by atoms with Gasteiger partial charge in [0.25, 0.3) is 0 Å². The van der Waals surface area contributed by atoms with Crippen molar-refractivity contribution < 1.29 is 13.9 Å². The Morgan fingerprint density at radius 2 is 2.00 bits per heavy atom. The Bertz CT molecular complexity index is 1250. The van der Waals surface area contributed by atoms with Gasteiger partial charge in [-0.1, -0.05) is 19.9 Å². The maximum absolute atomic E-state index is 13.5. The Kier molecular flexibility index (Phi) is 5.02. The lowest BCUT2D eigenvalue weighted by atomic mass is 9.71. The van der Waals surface area contributed by atoms with E-state index in [4.69, 9.17) is 4.74 Å². The number of likely N-dealkylation sites (tertiary alicyclic amines) is 1. The van der Waals surface area contributed by atoms with Crippen LogP contribution >= 0.6 is 0 Å². The van der Waals surface area contributed by atoms with Crippen molar-refractivity contribution in [2.24, 2.45) is 0 Å². The maximum Gasteiger partial charge on any atom is 0.195 e. The molecule has 0 spiro atoms. The van der Waals surface area contributed by atoms with Gasteiger partial charge in [-0.15, -0.1) is 0 Å². The number of H-pyrrole nitrogens is 1. The van der Waals surface area contributed by atoms with Crippen molar-refractivity contribution in [3.63, 3.8) is 0 Å². The fraction of sp³-hybridized carbons (Fsp3) is 0.385. The maximum atomic E-state index is 13.5. The van der Waals surface area contributed by atoms with Gasteiger partial charge in [0.15, 0.2) is 5.78 Å². The van der Waals surface area contributed by atoms with Crippen LogP contribution in [0.3, 0.4) is 0 Å². The summed E-state index contributed by atoms with van der Waals surface area (Å²) in [6.07, 6.45) is 1.83. The number of carbonyl (C=O) groups excluding carboxylic acids is 1. The highest BCUT2D eigenvalue weighted by Gasteiger charge is 2.40. The molecule has 32 heavy (non-hydrogen) atoms. The Morgan fingerprint density at radius 3 is 2.72 bits per heavy atom. The first-order chi connectivity index (χ1) is 15.4. The van der Waals surface area contributed by atoms with Crippen molar-refractivity contribution in [1.29, 1.82) is 5.26 Å². The highest BCUT2D eigenvalue weighted by atomic mass is 19.1. The third-order valence-corrected chi connectivity index (χ3v) is 6.93. The van der Waals surface area contributed by atoms with Gasteiger partial charge in [-0.3, -0.25) is 4.79 Å². The van der Waals surface area contributed by atoms with Crippen LogP contribution in [-0.4, -0.2) is 48.1 Å². The van der Waals surface area contributed by atoms with Crippen molar-refractivity contribution in [2.75, 3.05) is 26.3 Å². The van der Waals surface area contributed by atoms with Crippen molar-refractivity contribution in [3.8, 4) is 11.8 Å². The summed E-state index contributed by atoms with van der Waals surface area (Å²) in [6, 6.07) is 13.3. The number of aromatic nitrogens is 1. The second kappa shape index (κ2) is 7.75. The van der Waals surface area contributed by atoms with Crippen molar-refractivity contribution >= 4 is 16.7 Å². The van der Waals surface area contributed by atoms with E-state index < -0.39 is 5.41 Å². The average Bonchev–Trinajstić information content (AvgIpc) is 3.19. The molecule has 1 aliphatic carbocycles. The molecule has 6 heteroatoms. The number of nitrogens with zero attached hydrogens (tertiary/aromatic N) is 2. The van der Waals surface area contributed by atoms with Gasteiger partial charge < -0.3 is 14.6 Å². The zero-order chi connectivity index (χ0) is 22.5. The van der Waals surface area contributed by atoms with E-state index >= 15 is 0 Å². The smallest absolute Gasteiger partial charge is 0.195 e. The number of hydrogen-bond acceptors (Lipinski definition) is 4. The normalized spacial score (nSPS) is 18.2. The van der Waals surface area contributed by atoms with Crippen LogP contribution < -0.4 is 4.74 Å². The molecule has 0 amide bonds. The molecule has 2 heterocycles. The van der Waals surface area contributed by atoms with Crippen LogP contribution in [0.2, 0.25) is 0 Å². The van der Waals surface area contributed by atoms with E-state index in [1.165, 1.54) is 0 Å². The first-order valence-electron chi connectivity index (χ1n) is 11.1. The average molecular weight is 432 g/mol. The summed E-state index contributed by atoms with van der Waals surface area (Å²) in [5, 5.41) is 10.1. The molecule has 5 nitrogen and oxygen atoms in total. The van der Waals surface area contributed by atoms with E-state index in [-0.39, 0.29) is 18.6 Å². The largest absolute Gasteiger partial charge is 0.490 e. The minimum atomic E-state index is -0.422. The molecule has 3 aromatic rings. The molecular weight excluding hydrogens is 405 g/mol. The molecule has 0 bridgehead atoms. The highest BCUT2D eigenvalue weighted by molar-refractivity contribution is 6.20. The van der Waals surface area contributed by atoms with Crippen molar-refractivity contribution in [3.05, 3.63) is 64.3 Å². The summed E-state index contributed by atoms with van der Waals surface area (Å²) >= 11 is 0. The summed E-state index contributed by atoms with van der Waals surface area (Å²) in [4.78, 5) is 19.0. The number of aromatic amines is 1. The number of alkyl halides is 1. The lowest BCUT2D eigenvalue weighted by Crippen LogP contribution is -2.39. The molecule has 1 fully saturated rings. The van der Waals surface area contributed by atoms with Gasteiger partial charge in [0, 0.05) is 47.2 Å². The Hall–Kier alpha value is -3.17. The lowest BCUT2D eigenvalue weighted by molar-refractivity contribution is 0.0966. The third kappa shape index (κ3) is 3.28. The molecule has 0 radical (unpaired) electrons. The van der Waals surface area contributed by atoms with Crippen LogP contribution in [0.15, 0.2) is 36.4 Å². The Morgan fingerprint density at radius 1 is 1.22 bits per heavy atom. The van der Waals surface area contributed by atoms with Crippen LogP contribution in [0.1, 0.15) is 59.4 Å². The molecule has 164 valence electrons. The van der Waals surface area contributed by atoms with Crippen LogP contribution in [0.5, 0.6) is 5.75 Å². The topological polar surface area (TPSA) is 69.1 Å². The summed E-state index contributed by atoms with van der Waals surface area (Å²) in [5.41, 5.74) is 4.14. The predicted molar refractivity (Wildman–Crippen MR) is 121 cm³/mol. The molecule has 0 unspecified atom stereocenters. The molecule has 0 saturated carbocycles. The van der Waals surface area contributed by atoms with Gasteiger partial charge in [-0.25, -0.2) is 4.39 Å². The summed E-state index contributed by atoms with van der Waals surface area (Å²) < 4.78 is 18.9. The number of ketones is 1. The van der Waals surface area contributed by atoms with Crippen LogP contribution in [0.4, 0.5) is 4.39 Å². The number of benzene rings is 2. The fourth-order valence-corrected chi connectivity index (χ4v) is 5.12. The number of nitriles is 1. The van der Waals surface area contributed by atoms with Gasteiger partial charge in [-0.05, 0) is 48.7 Å². The number of ether oxygens (including phenoxy) is 1. The molecule has 1 aromatic heterocycles. The molecule has 1 saturated heterocycles. The van der Waals surface area contributed by atoms with Gasteiger partial charge in [0.1, 0.15) is 18.5 Å². The molecule has 1 aliphatic heterocycles. The van der Waals surface area contributed by atoms with Crippen LogP contribution in [-0.2, 0) is 5.41 Å². The molecule has 2 aliphatic rings. The van der Waals surface area contributed by atoms with Gasteiger partial charge in [0.2, 0.25) is 0 Å². The second-order valence-electron chi connectivity index (χ2n) is 9.26. The fourth-order valence-electron chi connectivity index (χ4n) is 5.12. The number of rotatable bonds is 4. The minimum Gasteiger partial charge on any atom is -0.490 e. The van der Waals surface area contributed by atoms with Crippen LogP contribution in [0, 0.1) is 11.3 Å². The summed E-state index contributed by atoms with van der Waals surface area (Å²) in [7, 11) is 0. The highest BCUT2D eigenvalue weighted by Crippen LogP contribution is 2.44. The minimum absolute atomic E-state index is 0.00337. The quantitative estimate of drug-likeness (QED) is 0.649. The van der Waals surface area contributed by atoms with Gasteiger partial charge >= 0.3 is 0 Å². The number of hydrogen-bond donors (Lipinski definition) is 1. The van der Waals surface area contributed by atoms with Crippen LogP contribution in [0.25, 0.3) is 10.9 Å². The Balaban J connectivity index is 1.47. The molecule has 1 N–H and O–H groups in total. The first kappa shape index (κ1) is 20.7. The van der Waals surface area contributed by atoms with Gasteiger partial charge in [-0.2, -0.15) is 5.26 Å². The number of carbonyl (C=O) groups is 1. The van der Waals surface area contributed by atoms with Gasteiger partial charge in [0.05, 0.1) is 17.2 Å². The molecule has 0 atom stereocenters. The van der Waals surface area contributed by atoms with E-state index in [9.17, 15) is 14.4 Å². The Labute approximate surface area is 186 Å². The number of fused-ring (bicyclic) bond motifs is 4. The zero-order valence-corrected chi connectivity index (χ0v) is 18.4.